The second-order valence-corrected chi connectivity index (χ2v) is 7.27. The first-order valence-electron chi connectivity index (χ1n) is 7.74. The molecule has 5 nitrogen and oxygen atoms in total. The molecule has 1 heterocycles. The standard InChI is InChI=1S/C18H16Cl2N2O3S/c1-24-7-6-22-16-14(20)9-12(19)10-15(16)26-18(22)21-17(23)11-4-3-5-13(8-11)25-2/h3-5,8-10H,6-7H2,1-2H3. The van der Waals surface area contributed by atoms with Crippen LogP contribution in [-0.4, -0.2) is 31.3 Å². The molecule has 3 rings (SSSR count). The topological polar surface area (TPSA) is 52.8 Å². The molecule has 26 heavy (non-hydrogen) atoms. The summed E-state index contributed by atoms with van der Waals surface area (Å²) >= 11 is 13.8. The predicted octanol–water partition coefficient (Wildman–Crippen LogP) is 4.41. The Labute approximate surface area is 164 Å². The maximum Gasteiger partial charge on any atom is 0.279 e. The van der Waals surface area contributed by atoms with Crippen LogP contribution in [0.25, 0.3) is 10.2 Å². The molecule has 0 aliphatic rings. The van der Waals surface area contributed by atoms with E-state index in [1.54, 1.807) is 44.6 Å². The van der Waals surface area contributed by atoms with Crippen molar-refractivity contribution in [3.63, 3.8) is 0 Å². The molecule has 0 fully saturated rings. The van der Waals surface area contributed by atoms with Crippen molar-refractivity contribution >= 4 is 50.7 Å². The molecule has 0 bridgehead atoms. The lowest BCUT2D eigenvalue weighted by Crippen LogP contribution is -2.19. The van der Waals surface area contributed by atoms with Gasteiger partial charge in [-0.3, -0.25) is 4.79 Å². The van der Waals surface area contributed by atoms with Gasteiger partial charge in [0.2, 0.25) is 0 Å². The number of carbonyl (C=O) groups excluding carboxylic acids is 1. The molecule has 0 aliphatic carbocycles. The number of carbonyl (C=O) groups is 1. The average Bonchev–Trinajstić information content (AvgIpc) is 2.96. The van der Waals surface area contributed by atoms with Crippen LogP contribution in [-0.2, 0) is 11.3 Å². The number of hydrogen-bond acceptors (Lipinski definition) is 4. The molecular formula is C18H16Cl2N2O3S. The molecular weight excluding hydrogens is 395 g/mol. The number of aromatic nitrogens is 1. The molecule has 2 aromatic carbocycles. The molecule has 136 valence electrons. The van der Waals surface area contributed by atoms with E-state index >= 15 is 0 Å². The van der Waals surface area contributed by atoms with Gasteiger partial charge in [0.15, 0.2) is 4.80 Å². The van der Waals surface area contributed by atoms with E-state index in [2.05, 4.69) is 4.99 Å². The van der Waals surface area contributed by atoms with Crippen LogP contribution in [0.4, 0.5) is 0 Å². The van der Waals surface area contributed by atoms with Gasteiger partial charge in [0.1, 0.15) is 5.75 Å². The SMILES string of the molecule is COCCn1c(=NC(=O)c2cccc(OC)c2)sc2cc(Cl)cc(Cl)c21. The normalized spacial score (nSPS) is 11.9. The minimum absolute atomic E-state index is 0.358. The van der Waals surface area contributed by atoms with Crippen LogP contribution < -0.4 is 9.54 Å². The average molecular weight is 411 g/mol. The summed E-state index contributed by atoms with van der Waals surface area (Å²) in [5, 5.41) is 1.04. The zero-order chi connectivity index (χ0) is 18.7. The van der Waals surface area contributed by atoms with E-state index < -0.39 is 0 Å². The van der Waals surface area contributed by atoms with Crippen molar-refractivity contribution in [2.75, 3.05) is 20.8 Å². The second-order valence-electron chi connectivity index (χ2n) is 5.41. The maximum absolute atomic E-state index is 12.6. The van der Waals surface area contributed by atoms with Gasteiger partial charge in [0.25, 0.3) is 5.91 Å². The molecule has 3 aromatic rings. The quantitative estimate of drug-likeness (QED) is 0.625. The molecule has 8 heteroatoms. The maximum atomic E-state index is 12.6. The van der Waals surface area contributed by atoms with Gasteiger partial charge in [0.05, 0.1) is 29.0 Å². The van der Waals surface area contributed by atoms with Gasteiger partial charge in [-0.05, 0) is 30.3 Å². The lowest BCUT2D eigenvalue weighted by Gasteiger charge is -2.06. The fourth-order valence-corrected chi connectivity index (χ4v) is 4.35. The Kier molecular flexibility index (Phi) is 5.98. The molecule has 0 spiro atoms. The van der Waals surface area contributed by atoms with Gasteiger partial charge >= 0.3 is 0 Å². The van der Waals surface area contributed by atoms with E-state index in [1.807, 2.05) is 10.6 Å². The van der Waals surface area contributed by atoms with Crippen LogP contribution in [0.15, 0.2) is 41.4 Å². The summed E-state index contributed by atoms with van der Waals surface area (Å²) in [5.74, 6) is 0.244. The van der Waals surface area contributed by atoms with E-state index in [-0.39, 0.29) is 5.91 Å². The number of nitrogens with zero attached hydrogens (tertiary/aromatic N) is 2. The number of thiazole rings is 1. The molecule has 0 saturated heterocycles. The fraction of sp³-hybridized carbons (Fsp3) is 0.222. The number of hydrogen-bond donors (Lipinski definition) is 0. The number of amides is 1. The predicted molar refractivity (Wildman–Crippen MR) is 105 cm³/mol. The highest BCUT2D eigenvalue weighted by atomic mass is 35.5. The summed E-state index contributed by atoms with van der Waals surface area (Å²) in [6.45, 7) is 0.980. The molecule has 1 aromatic heterocycles. The van der Waals surface area contributed by atoms with Crippen LogP contribution in [0.2, 0.25) is 10.0 Å². The third-order valence-corrected chi connectivity index (χ3v) is 5.26. The number of benzene rings is 2. The van der Waals surface area contributed by atoms with Crippen molar-refractivity contribution in [2.45, 2.75) is 6.54 Å². The van der Waals surface area contributed by atoms with E-state index in [1.165, 1.54) is 11.3 Å². The smallest absolute Gasteiger partial charge is 0.279 e. The van der Waals surface area contributed by atoms with E-state index in [9.17, 15) is 4.79 Å². The van der Waals surface area contributed by atoms with Crippen molar-refractivity contribution in [1.82, 2.24) is 4.57 Å². The van der Waals surface area contributed by atoms with E-state index in [0.29, 0.717) is 39.3 Å². The molecule has 1 amide bonds. The Balaban J connectivity index is 2.14. The Morgan fingerprint density at radius 2 is 2.04 bits per heavy atom. The Morgan fingerprint density at radius 1 is 1.23 bits per heavy atom. The number of fused-ring (bicyclic) bond motifs is 1. The minimum atomic E-state index is -0.358. The molecule has 0 unspecified atom stereocenters. The second kappa shape index (κ2) is 8.22. The van der Waals surface area contributed by atoms with Crippen molar-refractivity contribution in [3.05, 3.63) is 56.8 Å². The molecule has 0 radical (unpaired) electrons. The lowest BCUT2D eigenvalue weighted by atomic mass is 10.2. The van der Waals surface area contributed by atoms with Crippen molar-refractivity contribution in [3.8, 4) is 5.75 Å². The van der Waals surface area contributed by atoms with Gasteiger partial charge < -0.3 is 14.0 Å². The highest BCUT2D eigenvalue weighted by Gasteiger charge is 2.13. The van der Waals surface area contributed by atoms with Crippen LogP contribution in [0, 0.1) is 0 Å². The molecule has 0 aliphatic heterocycles. The highest BCUT2D eigenvalue weighted by Crippen LogP contribution is 2.29. The van der Waals surface area contributed by atoms with Crippen LogP contribution in [0.1, 0.15) is 10.4 Å². The first-order chi connectivity index (χ1) is 12.5. The lowest BCUT2D eigenvalue weighted by molar-refractivity contribution is 0.0997. The van der Waals surface area contributed by atoms with Gasteiger partial charge in [0, 0.05) is 24.2 Å². The third kappa shape index (κ3) is 3.94. The van der Waals surface area contributed by atoms with Crippen LogP contribution >= 0.6 is 34.5 Å². The third-order valence-electron chi connectivity index (χ3n) is 3.73. The number of methoxy groups -OCH3 is 2. The van der Waals surface area contributed by atoms with E-state index in [4.69, 9.17) is 32.7 Å². The molecule has 0 atom stereocenters. The fourth-order valence-electron chi connectivity index (χ4n) is 2.51. The monoisotopic (exact) mass is 410 g/mol. The Morgan fingerprint density at radius 3 is 2.77 bits per heavy atom. The first kappa shape index (κ1) is 18.9. The van der Waals surface area contributed by atoms with Crippen LogP contribution in [0.3, 0.4) is 0 Å². The zero-order valence-electron chi connectivity index (χ0n) is 14.2. The Bertz CT molecular complexity index is 1030. The summed E-state index contributed by atoms with van der Waals surface area (Å²) in [6, 6.07) is 10.4. The van der Waals surface area contributed by atoms with Crippen molar-refractivity contribution in [1.29, 1.82) is 0 Å². The minimum Gasteiger partial charge on any atom is -0.497 e. The summed E-state index contributed by atoms with van der Waals surface area (Å²) in [7, 11) is 3.17. The van der Waals surface area contributed by atoms with E-state index in [0.717, 1.165) is 10.2 Å². The summed E-state index contributed by atoms with van der Waals surface area (Å²) in [6.07, 6.45) is 0. The number of rotatable bonds is 5. The summed E-state index contributed by atoms with van der Waals surface area (Å²) in [4.78, 5) is 17.4. The summed E-state index contributed by atoms with van der Waals surface area (Å²) in [5.41, 5.74) is 1.24. The van der Waals surface area contributed by atoms with Gasteiger partial charge in [-0.2, -0.15) is 4.99 Å². The Hall–Kier alpha value is -1.86. The van der Waals surface area contributed by atoms with Gasteiger partial charge in [-0.15, -0.1) is 0 Å². The largest absolute Gasteiger partial charge is 0.497 e. The van der Waals surface area contributed by atoms with Gasteiger partial charge in [-0.25, -0.2) is 0 Å². The zero-order valence-corrected chi connectivity index (χ0v) is 16.5. The summed E-state index contributed by atoms with van der Waals surface area (Å²) < 4.78 is 13.1. The van der Waals surface area contributed by atoms with Crippen LogP contribution in [0.5, 0.6) is 5.75 Å². The number of ether oxygens (including phenoxy) is 2. The van der Waals surface area contributed by atoms with Crippen molar-refractivity contribution < 1.29 is 14.3 Å². The molecule has 0 saturated carbocycles. The highest BCUT2D eigenvalue weighted by molar-refractivity contribution is 7.16. The van der Waals surface area contributed by atoms with Gasteiger partial charge in [-0.1, -0.05) is 40.6 Å². The van der Waals surface area contributed by atoms with Crippen molar-refractivity contribution in [2.24, 2.45) is 4.99 Å². The molecule has 0 N–H and O–H groups in total. The number of halogens is 2. The first-order valence-corrected chi connectivity index (χ1v) is 9.31.